The molecule has 76 valence electrons. The average Bonchev–Trinajstić information content (AvgIpc) is 2.44. The van der Waals surface area contributed by atoms with E-state index in [0.29, 0.717) is 0 Å². The van der Waals surface area contributed by atoms with Crippen LogP contribution in [0, 0.1) is 18.3 Å². The summed E-state index contributed by atoms with van der Waals surface area (Å²) in [6.45, 7) is 1.99. The van der Waals surface area contributed by atoms with Crippen molar-refractivity contribution in [3.8, 4) is 6.07 Å². The normalized spacial score (nSPS) is 18.9. The molecule has 15 heavy (non-hydrogen) atoms. The first kappa shape index (κ1) is 9.72. The Balaban J connectivity index is 2.52. The smallest absolute Gasteiger partial charge is 0.235 e. The van der Waals surface area contributed by atoms with Crippen LogP contribution < -0.4 is 4.90 Å². The van der Waals surface area contributed by atoms with Crippen molar-refractivity contribution in [3.05, 3.63) is 29.3 Å². The molecule has 0 saturated heterocycles. The van der Waals surface area contributed by atoms with Crippen LogP contribution >= 0.6 is 0 Å². The predicted octanol–water partition coefficient (Wildman–Crippen LogP) is 1.97. The van der Waals surface area contributed by atoms with E-state index in [4.69, 9.17) is 5.26 Å². The molecule has 0 saturated carbocycles. The lowest BCUT2D eigenvalue weighted by molar-refractivity contribution is -0.118. The maximum atomic E-state index is 11.8. The summed E-state index contributed by atoms with van der Waals surface area (Å²) in [5.41, 5.74) is 3.05. The van der Waals surface area contributed by atoms with E-state index in [1.54, 1.807) is 11.9 Å². The summed E-state index contributed by atoms with van der Waals surface area (Å²) in [7, 11) is 1.76. The molecule has 1 aromatic carbocycles. The van der Waals surface area contributed by atoms with Crippen molar-refractivity contribution in [1.82, 2.24) is 0 Å². The lowest BCUT2D eigenvalue weighted by Crippen LogP contribution is -2.23. The van der Waals surface area contributed by atoms with Crippen LogP contribution in [-0.2, 0) is 4.79 Å². The summed E-state index contributed by atoms with van der Waals surface area (Å²) in [5, 5.41) is 8.70. The molecular weight excluding hydrogens is 188 g/mol. The molecular formula is C12H12N2O. The van der Waals surface area contributed by atoms with Crippen molar-refractivity contribution in [2.75, 3.05) is 11.9 Å². The van der Waals surface area contributed by atoms with Crippen LogP contribution in [0.15, 0.2) is 18.2 Å². The summed E-state index contributed by atoms with van der Waals surface area (Å²) in [6, 6.07) is 8.00. The zero-order valence-electron chi connectivity index (χ0n) is 8.82. The first-order valence-corrected chi connectivity index (χ1v) is 4.90. The molecule has 0 fully saturated rings. The minimum Gasteiger partial charge on any atom is -0.315 e. The van der Waals surface area contributed by atoms with Gasteiger partial charge in [0, 0.05) is 12.7 Å². The Morgan fingerprint density at radius 3 is 2.93 bits per heavy atom. The van der Waals surface area contributed by atoms with E-state index in [9.17, 15) is 4.79 Å². The lowest BCUT2D eigenvalue weighted by Gasteiger charge is -2.09. The van der Waals surface area contributed by atoms with Crippen molar-refractivity contribution in [2.45, 2.75) is 19.3 Å². The molecule has 3 heteroatoms. The summed E-state index contributed by atoms with van der Waals surface area (Å²) in [4.78, 5) is 13.5. The fourth-order valence-electron chi connectivity index (χ4n) is 2.03. The maximum absolute atomic E-state index is 11.8. The lowest BCUT2D eigenvalue weighted by atomic mass is 9.96. The molecule has 1 amide bonds. The monoisotopic (exact) mass is 200 g/mol. The van der Waals surface area contributed by atoms with Gasteiger partial charge in [0.1, 0.15) is 0 Å². The molecule has 2 rings (SSSR count). The number of rotatable bonds is 1. The number of anilines is 1. The summed E-state index contributed by atoms with van der Waals surface area (Å²) < 4.78 is 0. The van der Waals surface area contributed by atoms with Gasteiger partial charge >= 0.3 is 0 Å². The zero-order chi connectivity index (χ0) is 11.0. The highest BCUT2D eigenvalue weighted by Gasteiger charge is 2.34. The quantitative estimate of drug-likeness (QED) is 0.695. The second-order valence-electron chi connectivity index (χ2n) is 3.87. The predicted molar refractivity (Wildman–Crippen MR) is 57.6 cm³/mol. The van der Waals surface area contributed by atoms with Crippen molar-refractivity contribution in [3.63, 3.8) is 0 Å². The summed E-state index contributed by atoms with van der Waals surface area (Å²) in [6.07, 6.45) is 0.264. The number of benzene rings is 1. The molecule has 1 aliphatic heterocycles. The van der Waals surface area contributed by atoms with E-state index in [1.807, 2.05) is 25.1 Å². The Bertz CT molecular complexity index is 459. The van der Waals surface area contributed by atoms with Crippen LogP contribution in [0.2, 0.25) is 0 Å². The minimum atomic E-state index is -0.269. The Morgan fingerprint density at radius 2 is 2.27 bits per heavy atom. The number of likely N-dealkylation sites (N-methyl/N-ethyl adjacent to an activating group) is 1. The average molecular weight is 200 g/mol. The number of carbonyl (C=O) groups excluding carboxylic acids is 1. The van der Waals surface area contributed by atoms with Crippen LogP contribution in [0.1, 0.15) is 23.5 Å². The van der Waals surface area contributed by atoms with Gasteiger partial charge in [0.2, 0.25) is 5.91 Å². The molecule has 1 atom stereocenters. The van der Waals surface area contributed by atoms with Crippen LogP contribution in [0.25, 0.3) is 0 Å². The molecule has 0 unspecified atom stereocenters. The molecule has 0 bridgehead atoms. The minimum absolute atomic E-state index is 0.0251. The van der Waals surface area contributed by atoms with Crippen molar-refractivity contribution in [2.24, 2.45) is 0 Å². The van der Waals surface area contributed by atoms with Gasteiger partial charge in [-0.1, -0.05) is 17.7 Å². The first-order valence-electron chi connectivity index (χ1n) is 4.90. The number of nitrogens with zero attached hydrogens (tertiary/aromatic N) is 2. The Morgan fingerprint density at radius 1 is 1.53 bits per heavy atom. The van der Waals surface area contributed by atoms with Gasteiger partial charge in [-0.15, -0.1) is 0 Å². The molecule has 0 aliphatic carbocycles. The third kappa shape index (κ3) is 1.39. The van der Waals surface area contributed by atoms with Gasteiger partial charge in [-0.25, -0.2) is 0 Å². The first-order chi connectivity index (χ1) is 7.15. The Hall–Kier alpha value is -1.82. The van der Waals surface area contributed by atoms with Gasteiger partial charge < -0.3 is 4.90 Å². The third-order valence-electron chi connectivity index (χ3n) is 2.84. The zero-order valence-corrected chi connectivity index (χ0v) is 8.82. The molecule has 1 aromatic rings. The number of hydrogen-bond donors (Lipinski definition) is 0. The molecule has 1 aliphatic rings. The molecule has 1 heterocycles. The SMILES string of the molecule is Cc1ccc2c(c1)[C@H](CC#N)C(=O)N2C. The summed E-state index contributed by atoms with van der Waals surface area (Å²) in [5.74, 6) is -0.243. The van der Waals surface area contributed by atoms with Gasteiger partial charge in [-0.05, 0) is 18.6 Å². The highest BCUT2D eigenvalue weighted by atomic mass is 16.2. The van der Waals surface area contributed by atoms with Gasteiger partial charge in [-0.2, -0.15) is 5.26 Å². The van der Waals surface area contributed by atoms with Gasteiger partial charge in [0.15, 0.2) is 0 Å². The summed E-state index contributed by atoms with van der Waals surface area (Å²) >= 11 is 0. The van der Waals surface area contributed by atoms with Crippen LogP contribution in [0.4, 0.5) is 5.69 Å². The molecule has 0 spiro atoms. The van der Waals surface area contributed by atoms with E-state index in [1.165, 1.54) is 0 Å². The van der Waals surface area contributed by atoms with Crippen LogP contribution in [-0.4, -0.2) is 13.0 Å². The van der Waals surface area contributed by atoms with E-state index in [-0.39, 0.29) is 18.2 Å². The van der Waals surface area contributed by atoms with Crippen molar-refractivity contribution >= 4 is 11.6 Å². The fraction of sp³-hybridized carbons (Fsp3) is 0.333. The second kappa shape index (κ2) is 3.39. The van der Waals surface area contributed by atoms with E-state index in [0.717, 1.165) is 16.8 Å². The topological polar surface area (TPSA) is 44.1 Å². The molecule has 0 aromatic heterocycles. The van der Waals surface area contributed by atoms with Crippen LogP contribution in [0.5, 0.6) is 0 Å². The number of carbonyl (C=O) groups is 1. The van der Waals surface area contributed by atoms with Crippen LogP contribution in [0.3, 0.4) is 0 Å². The van der Waals surface area contributed by atoms with E-state index in [2.05, 4.69) is 6.07 Å². The van der Waals surface area contributed by atoms with Gasteiger partial charge in [0.05, 0.1) is 18.4 Å². The third-order valence-corrected chi connectivity index (χ3v) is 2.84. The Labute approximate surface area is 88.9 Å². The van der Waals surface area contributed by atoms with E-state index < -0.39 is 0 Å². The maximum Gasteiger partial charge on any atom is 0.235 e. The largest absolute Gasteiger partial charge is 0.315 e. The fourth-order valence-corrected chi connectivity index (χ4v) is 2.03. The van der Waals surface area contributed by atoms with Crippen molar-refractivity contribution in [1.29, 1.82) is 5.26 Å². The second-order valence-corrected chi connectivity index (χ2v) is 3.87. The van der Waals surface area contributed by atoms with Gasteiger partial charge in [-0.3, -0.25) is 4.79 Å². The highest BCUT2D eigenvalue weighted by Crippen LogP contribution is 2.38. The van der Waals surface area contributed by atoms with E-state index >= 15 is 0 Å². The number of nitriles is 1. The number of fused-ring (bicyclic) bond motifs is 1. The van der Waals surface area contributed by atoms with Crippen molar-refractivity contribution < 1.29 is 4.79 Å². The number of aryl methyl sites for hydroxylation is 1. The standard InChI is InChI=1S/C12H12N2O/c1-8-3-4-11-10(7-8)9(5-6-13)12(15)14(11)2/h3-4,7,9H,5H2,1-2H3/t9-/m0/s1. The molecule has 3 nitrogen and oxygen atoms in total. The highest BCUT2D eigenvalue weighted by molar-refractivity contribution is 6.04. The Kier molecular flexibility index (Phi) is 2.20. The number of hydrogen-bond acceptors (Lipinski definition) is 2. The van der Waals surface area contributed by atoms with Gasteiger partial charge in [0.25, 0.3) is 0 Å². The molecule has 0 N–H and O–H groups in total. The molecule has 0 radical (unpaired) electrons. The number of amides is 1.